The third-order valence-corrected chi connectivity index (χ3v) is 8.16. The van der Waals surface area contributed by atoms with Gasteiger partial charge < -0.3 is 19.5 Å². The molecular weight excluding hydrogens is 608 g/mol. The van der Waals surface area contributed by atoms with E-state index in [1.807, 2.05) is 0 Å². The number of halogens is 1. The fraction of sp³-hybridized carbons (Fsp3) is 0.129. The summed E-state index contributed by atoms with van der Waals surface area (Å²) in [5.41, 5.74) is 3.67. The van der Waals surface area contributed by atoms with Gasteiger partial charge in [-0.25, -0.2) is 13.8 Å². The van der Waals surface area contributed by atoms with Crippen molar-refractivity contribution < 1.29 is 32.2 Å². The number of carbonyl (C=O) groups is 2. The van der Waals surface area contributed by atoms with Crippen molar-refractivity contribution in [3.8, 4) is 17.2 Å². The van der Waals surface area contributed by atoms with Crippen LogP contribution >= 0.6 is 11.6 Å². The summed E-state index contributed by atoms with van der Waals surface area (Å²) in [6.45, 7) is -0.787. The lowest BCUT2D eigenvalue weighted by atomic mass is 10.2. The summed E-state index contributed by atoms with van der Waals surface area (Å²) in [5.74, 6) is 0.291. The molecule has 0 aromatic heterocycles. The molecule has 0 radical (unpaired) electrons. The van der Waals surface area contributed by atoms with Crippen molar-refractivity contribution in [3.05, 3.63) is 108 Å². The second-order valence-corrected chi connectivity index (χ2v) is 11.3. The molecule has 0 saturated carbocycles. The monoisotopic (exact) mass is 636 g/mol. The van der Waals surface area contributed by atoms with Gasteiger partial charge in [-0.05, 0) is 72.3 Å². The van der Waals surface area contributed by atoms with Crippen molar-refractivity contribution in [2.24, 2.45) is 5.10 Å². The molecule has 0 aliphatic rings. The van der Waals surface area contributed by atoms with Crippen LogP contribution in [-0.2, 0) is 19.6 Å². The summed E-state index contributed by atoms with van der Waals surface area (Å²) < 4.78 is 43.8. The Labute approximate surface area is 260 Å². The number of benzene rings is 4. The summed E-state index contributed by atoms with van der Waals surface area (Å²) in [7, 11) is -1.17. The number of hydrogen-bond acceptors (Lipinski definition) is 8. The highest BCUT2D eigenvalue weighted by molar-refractivity contribution is 7.92. The first-order valence-corrected chi connectivity index (χ1v) is 14.9. The van der Waals surface area contributed by atoms with Crippen LogP contribution in [0.4, 0.5) is 11.4 Å². The van der Waals surface area contributed by atoms with Crippen LogP contribution in [0.5, 0.6) is 17.2 Å². The van der Waals surface area contributed by atoms with E-state index in [0.29, 0.717) is 28.5 Å². The largest absolute Gasteiger partial charge is 0.495 e. The Hall–Kier alpha value is -5.07. The number of methoxy groups -OCH3 is 2. The molecule has 0 aliphatic carbocycles. The third kappa shape index (κ3) is 8.27. The molecule has 11 nitrogen and oxygen atoms in total. The Morgan fingerprint density at radius 2 is 1.55 bits per heavy atom. The number of nitrogens with one attached hydrogen (secondary N) is 2. The van der Waals surface area contributed by atoms with E-state index in [1.165, 1.54) is 50.8 Å². The molecule has 0 fully saturated rings. The van der Waals surface area contributed by atoms with Crippen LogP contribution in [0.25, 0.3) is 0 Å². The number of rotatable bonds is 13. The molecule has 0 saturated heterocycles. The number of para-hydroxylation sites is 2. The Balaban J connectivity index is 1.36. The Kier molecular flexibility index (Phi) is 10.8. The second kappa shape index (κ2) is 14.9. The molecule has 0 atom stereocenters. The van der Waals surface area contributed by atoms with E-state index in [9.17, 15) is 18.0 Å². The van der Waals surface area contributed by atoms with Gasteiger partial charge in [-0.3, -0.25) is 13.9 Å². The highest BCUT2D eigenvalue weighted by Gasteiger charge is 2.27. The number of anilines is 2. The van der Waals surface area contributed by atoms with Gasteiger partial charge in [0.2, 0.25) is 0 Å². The van der Waals surface area contributed by atoms with E-state index < -0.39 is 22.5 Å². The van der Waals surface area contributed by atoms with Gasteiger partial charge in [-0.2, -0.15) is 5.10 Å². The molecule has 4 aromatic rings. The van der Waals surface area contributed by atoms with E-state index in [-0.39, 0.29) is 28.1 Å². The first-order valence-electron chi connectivity index (χ1n) is 13.1. The molecule has 13 heteroatoms. The molecule has 228 valence electrons. The predicted octanol–water partition coefficient (Wildman–Crippen LogP) is 4.72. The smallest absolute Gasteiger partial charge is 0.264 e. The molecule has 0 unspecified atom stereocenters. The van der Waals surface area contributed by atoms with Gasteiger partial charge in [0.05, 0.1) is 41.7 Å². The first kappa shape index (κ1) is 31.9. The SMILES string of the molecule is COc1ccc(N(CC(=O)N/N=C\c2ccc(OCC(=O)Nc3ccccc3OC)cc2)S(=O)(=O)c2ccccc2)cc1Cl. The number of amides is 2. The molecule has 0 spiro atoms. The van der Waals surface area contributed by atoms with Gasteiger partial charge in [0, 0.05) is 0 Å². The van der Waals surface area contributed by atoms with Gasteiger partial charge in [0.25, 0.3) is 21.8 Å². The molecule has 4 rings (SSSR count). The molecule has 44 heavy (non-hydrogen) atoms. The van der Waals surface area contributed by atoms with Gasteiger partial charge in [-0.15, -0.1) is 0 Å². The van der Waals surface area contributed by atoms with Crippen LogP contribution in [0.2, 0.25) is 5.02 Å². The number of sulfonamides is 1. The normalized spacial score (nSPS) is 11.1. The van der Waals surface area contributed by atoms with Gasteiger partial charge in [0.15, 0.2) is 6.61 Å². The van der Waals surface area contributed by atoms with Crippen LogP contribution in [0.15, 0.2) is 107 Å². The fourth-order valence-corrected chi connectivity index (χ4v) is 5.61. The zero-order valence-electron chi connectivity index (χ0n) is 23.8. The maximum absolute atomic E-state index is 13.5. The zero-order valence-corrected chi connectivity index (χ0v) is 25.3. The van der Waals surface area contributed by atoms with Gasteiger partial charge >= 0.3 is 0 Å². The van der Waals surface area contributed by atoms with Crippen molar-refractivity contribution in [1.29, 1.82) is 0 Å². The van der Waals surface area contributed by atoms with Crippen LogP contribution in [-0.4, -0.2) is 53.8 Å². The summed E-state index contributed by atoms with van der Waals surface area (Å²) >= 11 is 6.24. The fourth-order valence-electron chi connectivity index (χ4n) is 3.92. The maximum atomic E-state index is 13.5. The number of nitrogens with zero attached hydrogens (tertiary/aromatic N) is 2. The highest BCUT2D eigenvalue weighted by Crippen LogP contribution is 2.32. The van der Waals surface area contributed by atoms with E-state index >= 15 is 0 Å². The summed E-state index contributed by atoms with van der Waals surface area (Å²) in [5, 5.41) is 6.86. The van der Waals surface area contributed by atoms with Gasteiger partial charge in [0.1, 0.15) is 23.8 Å². The van der Waals surface area contributed by atoms with Crippen molar-refractivity contribution in [1.82, 2.24) is 5.43 Å². The molecular formula is C31H29ClN4O7S. The quantitative estimate of drug-likeness (QED) is 0.160. The predicted molar refractivity (Wildman–Crippen MR) is 168 cm³/mol. The molecule has 2 N–H and O–H groups in total. The number of carbonyl (C=O) groups excluding carboxylic acids is 2. The lowest BCUT2D eigenvalue weighted by molar-refractivity contribution is -0.119. The van der Waals surface area contributed by atoms with E-state index in [4.69, 9.17) is 25.8 Å². The number of hydrogen-bond donors (Lipinski definition) is 2. The zero-order chi connectivity index (χ0) is 31.5. The van der Waals surface area contributed by atoms with Crippen molar-refractivity contribution in [2.45, 2.75) is 4.90 Å². The van der Waals surface area contributed by atoms with Crippen LogP contribution in [0.1, 0.15) is 5.56 Å². The lowest BCUT2D eigenvalue weighted by Crippen LogP contribution is -2.39. The summed E-state index contributed by atoms with van der Waals surface area (Å²) in [6, 6.07) is 25.8. The average Bonchev–Trinajstić information content (AvgIpc) is 3.04. The lowest BCUT2D eigenvalue weighted by Gasteiger charge is -2.24. The summed E-state index contributed by atoms with van der Waals surface area (Å²) in [6.07, 6.45) is 1.39. The molecule has 2 amide bonds. The first-order chi connectivity index (χ1) is 21.2. The Morgan fingerprint density at radius 3 is 2.23 bits per heavy atom. The third-order valence-electron chi connectivity index (χ3n) is 6.08. The minimum Gasteiger partial charge on any atom is -0.495 e. The topological polar surface area (TPSA) is 136 Å². The molecule has 0 heterocycles. The minimum absolute atomic E-state index is 0.00261. The molecule has 0 aliphatic heterocycles. The van der Waals surface area contributed by atoms with Crippen molar-refractivity contribution in [3.63, 3.8) is 0 Å². The van der Waals surface area contributed by atoms with Crippen LogP contribution < -0.4 is 29.3 Å². The van der Waals surface area contributed by atoms with Crippen molar-refractivity contribution >= 4 is 51.0 Å². The molecule has 4 aromatic carbocycles. The number of ether oxygens (including phenoxy) is 3. The van der Waals surface area contributed by atoms with E-state index in [1.54, 1.807) is 66.7 Å². The van der Waals surface area contributed by atoms with Crippen molar-refractivity contribution in [2.75, 3.05) is 37.0 Å². The number of hydrazone groups is 1. The average molecular weight is 637 g/mol. The van der Waals surface area contributed by atoms with Crippen LogP contribution in [0.3, 0.4) is 0 Å². The standard InChI is InChI=1S/C31H29ClN4O7S/c1-41-28-17-14-23(18-26(28)32)36(44(39,40)25-8-4-3-5-9-25)20-30(37)35-33-19-22-12-15-24(16-13-22)43-21-31(38)34-27-10-6-7-11-29(27)42-2/h3-19H,20-21H2,1-2H3,(H,34,38)(H,35,37)/b33-19-. The van der Waals surface area contributed by atoms with Crippen LogP contribution in [0, 0.1) is 0 Å². The minimum atomic E-state index is -4.13. The Morgan fingerprint density at radius 1 is 0.864 bits per heavy atom. The van der Waals surface area contributed by atoms with Gasteiger partial charge in [-0.1, -0.05) is 41.9 Å². The Bertz CT molecular complexity index is 1730. The summed E-state index contributed by atoms with van der Waals surface area (Å²) in [4.78, 5) is 25.1. The highest BCUT2D eigenvalue weighted by atomic mass is 35.5. The molecule has 0 bridgehead atoms. The maximum Gasteiger partial charge on any atom is 0.264 e. The second-order valence-electron chi connectivity index (χ2n) is 9.04. The van der Waals surface area contributed by atoms with E-state index in [2.05, 4.69) is 15.8 Å². The van der Waals surface area contributed by atoms with E-state index in [0.717, 1.165) is 4.31 Å².